The fraction of sp³-hybridized carbons (Fsp3) is 0.190. The first-order valence-electron chi connectivity index (χ1n) is 8.17. The fourth-order valence-electron chi connectivity index (χ4n) is 2.75. The molecule has 1 unspecified atom stereocenters. The smallest absolute Gasteiger partial charge is 0.212 e. The molecule has 128 valence electrons. The Labute approximate surface area is 150 Å². The van der Waals surface area contributed by atoms with E-state index >= 15 is 0 Å². The van der Waals surface area contributed by atoms with Crippen molar-refractivity contribution in [3.63, 3.8) is 0 Å². The van der Waals surface area contributed by atoms with E-state index in [1.165, 1.54) is 0 Å². The predicted molar refractivity (Wildman–Crippen MR) is 105 cm³/mol. The molecule has 0 bridgehead atoms. The molecule has 0 aliphatic rings. The molecule has 4 heteroatoms. The summed E-state index contributed by atoms with van der Waals surface area (Å²) in [5, 5.41) is 10.9. The lowest BCUT2D eigenvalue weighted by Crippen LogP contribution is -2.20. The Morgan fingerprint density at radius 2 is 1.64 bits per heavy atom. The average Bonchev–Trinajstić information content (AvgIpc) is 2.63. The van der Waals surface area contributed by atoms with Crippen molar-refractivity contribution in [1.29, 1.82) is 0 Å². The van der Waals surface area contributed by atoms with Gasteiger partial charge in [0.25, 0.3) is 0 Å². The number of hydrogen-bond donors (Lipinski definition) is 1. The van der Waals surface area contributed by atoms with E-state index in [9.17, 15) is 4.79 Å². The highest BCUT2D eigenvalue weighted by atomic mass is 32.2. The van der Waals surface area contributed by atoms with Gasteiger partial charge in [0.15, 0.2) is 5.75 Å². The van der Waals surface area contributed by atoms with Crippen molar-refractivity contribution in [2.75, 3.05) is 24.4 Å². The number of aliphatic hydroxyl groups excluding tert-OH is 1. The zero-order chi connectivity index (χ0) is 17.6. The van der Waals surface area contributed by atoms with Gasteiger partial charge in [0, 0.05) is 10.9 Å². The van der Waals surface area contributed by atoms with Gasteiger partial charge in [-0.1, -0.05) is 42.5 Å². The summed E-state index contributed by atoms with van der Waals surface area (Å²) in [5.74, 6) is 2.75. The zero-order valence-corrected chi connectivity index (χ0v) is 15.0. The van der Waals surface area contributed by atoms with Crippen molar-refractivity contribution in [1.82, 2.24) is 0 Å². The Kier molecular flexibility index (Phi) is 5.74. The molecule has 0 saturated carbocycles. The summed E-state index contributed by atoms with van der Waals surface area (Å²) in [6.07, 6.45) is 2.02. The normalized spacial score (nSPS) is 12.1. The number of Topliss-reactive ketones (excluding diaryl/α,β-unsaturated/α-hetero) is 1. The standard InChI is InChI=1S/C21H21O3S/c1-25(14-13-22)15-20(23)18-11-12-21(19-10-6-5-9-17(18)19)24-16-7-3-2-4-8-16/h2-12,22H,13-15H2,1H3/q+1. The van der Waals surface area contributed by atoms with E-state index in [1.54, 1.807) is 0 Å². The van der Waals surface area contributed by atoms with Crippen molar-refractivity contribution in [2.24, 2.45) is 0 Å². The second-order valence-corrected chi connectivity index (χ2v) is 8.11. The van der Waals surface area contributed by atoms with Crippen LogP contribution in [-0.4, -0.2) is 35.3 Å². The molecule has 0 aliphatic carbocycles. The Hall–Kier alpha value is -2.30. The second-order valence-electron chi connectivity index (χ2n) is 5.85. The van der Waals surface area contributed by atoms with Crippen molar-refractivity contribution in [3.8, 4) is 11.5 Å². The fourth-order valence-corrected chi connectivity index (χ4v) is 3.81. The van der Waals surface area contributed by atoms with E-state index in [1.807, 2.05) is 73.0 Å². The summed E-state index contributed by atoms with van der Waals surface area (Å²) < 4.78 is 6.00. The van der Waals surface area contributed by atoms with Crippen LogP contribution in [0.4, 0.5) is 0 Å². The van der Waals surface area contributed by atoms with Crippen molar-refractivity contribution in [2.45, 2.75) is 0 Å². The summed E-state index contributed by atoms with van der Waals surface area (Å²) in [6, 6.07) is 21.1. The lowest BCUT2D eigenvalue weighted by atomic mass is 10.0. The van der Waals surface area contributed by atoms with Gasteiger partial charge in [0.2, 0.25) is 5.78 Å². The Bertz CT molecular complexity index is 861. The predicted octanol–water partition coefficient (Wildman–Crippen LogP) is 4.06. The minimum absolute atomic E-state index is 0.111. The molecular formula is C21H21O3S+. The number of rotatable bonds is 7. The summed E-state index contributed by atoms with van der Waals surface area (Å²) in [5.41, 5.74) is 0.716. The van der Waals surface area contributed by atoms with E-state index in [2.05, 4.69) is 0 Å². The maximum atomic E-state index is 12.7. The molecule has 0 fully saturated rings. The first-order chi connectivity index (χ1) is 12.2. The lowest BCUT2D eigenvalue weighted by molar-refractivity contribution is 0.102. The Morgan fingerprint density at radius 3 is 2.36 bits per heavy atom. The molecule has 3 rings (SSSR count). The molecule has 0 aromatic heterocycles. The number of fused-ring (bicyclic) bond motifs is 1. The molecule has 1 N–H and O–H groups in total. The van der Waals surface area contributed by atoms with Crippen LogP contribution in [0.25, 0.3) is 10.8 Å². The third-order valence-corrected chi connectivity index (χ3v) is 5.61. The number of hydrogen-bond acceptors (Lipinski definition) is 3. The maximum absolute atomic E-state index is 12.7. The molecule has 3 nitrogen and oxygen atoms in total. The van der Waals surface area contributed by atoms with E-state index in [0.717, 1.165) is 22.3 Å². The molecule has 25 heavy (non-hydrogen) atoms. The van der Waals surface area contributed by atoms with E-state index in [0.29, 0.717) is 17.1 Å². The molecule has 0 spiro atoms. The molecular weight excluding hydrogens is 332 g/mol. The molecule has 0 radical (unpaired) electrons. The molecule has 0 heterocycles. The van der Waals surface area contributed by atoms with Gasteiger partial charge in [-0.3, -0.25) is 4.79 Å². The first kappa shape index (κ1) is 17.5. The highest BCUT2D eigenvalue weighted by Gasteiger charge is 2.20. The molecule has 0 saturated heterocycles. The number of ether oxygens (including phenoxy) is 1. The highest BCUT2D eigenvalue weighted by molar-refractivity contribution is 7.96. The number of ketones is 1. The lowest BCUT2D eigenvalue weighted by Gasteiger charge is -2.12. The van der Waals surface area contributed by atoms with Gasteiger partial charge >= 0.3 is 0 Å². The highest BCUT2D eigenvalue weighted by Crippen LogP contribution is 2.32. The molecule has 3 aromatic carbocycles. The minimum Gasteiger partial charge on any atom is -0.457 e. The van der Waals surface area contributed by atoms with Crippen molar-refractivity contribution >= 4 is 27.5 Å². The quantitative estimate of drug-likeness (QED) is 0.515. The van der Waals surface area contributed by atoms with Gasteiger partial charge in [-0.2, -0.15) is 0 Å². The molecule has 0 amide bonds. The number of aliphatic hydroxyl groups is 1. The van der Waals surface area contributed by atoms with Crippen LogP contribution in [0.2, 0.25) is 0 Å². The molecule has 3 aromatic rings. The first-order valence-corrected chi connectivity index (χ1v) is 10.1. The summed E-state index contributed by atoms with van der Waals surface area (Å²) in [7, 11) is -0.111. The summed E-state index contributed by atoms with van der Waals surface area (Å²) in [4.78, 5) is 12.7. The van der Waals surface area contributed by atoms with Crippen LogP contribution in [-0.2, 0) is 10.9 Å². The third-order valence-electron chi connectivity index (χ3n) is 3.97. The third kappa shape index (κ3) is 4.21. The summed E-state index contributed by atoms with van der Waals surface area (Å²) in [6.45, 7) is 0.123. The van der Waals surface area contributed by atoms with Crippen LogP contribution in [0.1, 0.15) is 10.4 Å². The maximum Gasteiger partial charge on any atom is 0.212 e. The van der Waals surface area contributed by atoms with Crippen LogP contribution >= 0.6 is 0 Å². The van der Waals surface area contributed by atoms with Gasteiger partial charge in [-0.25, -0.2) is 0 Å². The van der Waals surface area contributed by atoms with E-state index < -0.39 is 0 Å². The number of carbonyl (C=O) groups excluding carboxylic acids is 1. The van der Waals surface area contributed by atoms with E-state index in [4.69, 9.17) is 9.84 Å². The monoisotopic (exact) mass is 353 g/mol. The summed E-state index contributed by atoms with van der Waals surface area (Å²) >= 11 is 0. The largest absolute Gasteiger partial charge is 0.457 e. The number of para-hydroxylation sites is 1. The second kappa shape index (κ2) is 8.19. The molecule has 0 aliphatic heterocycles. The Morgan fingerprint density at radius 1 is 0.960 bits per heavy atom. The van der Waals surface area contributed by atoms with Gasteiger partial charge in [0.05, 0.1) is 12.9 Å². The van der Waals surface area contributed by atoms with Crippen LogP contribution in [0.3, 0.4) is 0 Å². The van der Waals surface area contributed by atoms with Gasteiger partial charge in [-0.15, -0.1) is 0 Å². The topological polar surface area (TPSA) is 46.5 Å². The number of benzene rings is 3. The number of carbonyl (C=O) groups is 1. The van der Waals surface area contributed by atoms with Crippen LogP contribution in [0, 0.1) is 0 Å². The van der Waals surface area contributed by atoms with Crippen LogP contribution < -0.4 is 4.74 Å². The van der Waals surface area contributed by atoms with Gasteiger partial charge in [0.1, 0.15) is 17.3 Å². The van der Waals surface area contributed by atoms with Crippen LogP contribution in [0.5, 0.6) is 11.5 Å². The van der Waals surface area contributed by atoms with Crippen molar-refractivity contribution < 1.29 is 14.6 Å². The van der Waals surface area contributed by atoms with Crippen molar-refractivity contribution in [3.05, 3.63) is 72.3 Å². The van der Waals surface area contributed by atoms with Crippen LogP contribution in [0.15, 0.2) is 66.7 Å². The Balaban J connectivity index is 1.94. The van der Waals surface area contributed by atoms with Gasteiger partial charge < -0.3 is 9.84 Å². The minimum atomic E-state index is -0.111. The molecule has 1 atom stereocenters. The van der Waals surface area contributed by atoms with Gasteiger partial charge in [-0.05, 0) is 40.5 Å². The average molecular weight is 353 g/mol. The SMILES string of the molecule is C[S+](CCO)CC(=O)c1ccc(Oc2ccccc2)c2ccccc12. The zero-order valence-electron chi connectivity index (χ0n) is 14.1. The van der Waals surface area contributed by atoms with E-state index in [-0.39, 0.29) is 23.3 Å².